The van der Waals surface area contributed by atoms with Gasteiger partial charge in [-0.3, -0.25) is 4.98 Å². The maximum Gasteiger partial charge on any atom is 0.0703 e. The minimum atomic E-state index is 0.972. The van der Waals surface area contributed by atoms with E-state index in [0.29, 0.717) is 0 Å². The number of para-hydroxylation sites is 3. The van der Waals surface area contributed by atoms with E-state index in [4.69, 9.17) is 4.98 Å². The van der Waals surface area contributed by atoms with Crippen molar-refractivity contribution in [1.29, 1.82) is 0 Å². The van der Waals surface area contributed by atoms with Gasteiger partial charge in [0.1, 0.15) is 0 Å². The van der Waals surface area contributed by atoms with Crippen LogP contribution >= 0.6 is 0 Å². The van der Waals surface area contributed by atoms with Gasteiger partial charge in [0.05, 0.1) is 39.6 Å². The molecule has 0 N–H and O–H groups in total. The number of benzene rings is 6. The highest BCUT2D eigenvalue weighted by Gasteiger charge is 2.18. The van der Waals surface area contributed by atoms with Crippen molar-refractivity contribution >= 4 is 54.4 Å². The molecule has 0 atom stereocenters. The number of hydrogen-bond acceptors (Lipinski definition) is 1. The number of pyridine rings is 1. The molecule has 0 radical (unpaired) electrons. The average Bonchev–Trinajstić information content (AvgIpc) is 3.57. The van der Waals surface area contributed by atoms with Crippen molar-refractivity contribution in [2.45, 2.75) is 0 Å². The fourth-order valence-electron chi connectivity index (χ4n) is 6.67. The van der Waals surface area contributed by atoms with Crippen LogP contribution in [0, 0.1) is 0 Å². The Hall–Kier alpha value is -5.67. The molecule has 0 aliphatic carbocycles. The number of fused-ring (bicyclic) bond motifs is 8. The van der Waals surface area contributed by atoms with Crippen molar-refractivity contribution in [3.8, 4) is 22.6 Å². The fraction of sp³-hybridized carbons (Fsp3) is 0. The Balaban J connectivity index is 1.38. The second-order valence-corrected chi connectivity index (χ2v) is 10.9. The maximum absolute atomic E-state index is 4.89. The third-order valence-electron chi connectivity index (χ3n) is 8.53. The first-order valence-corrected chi connectivity index (χ1v) is 14.3. The van der Waals surface area contributed by atoms with Crippen LogP contribution in [0.5, 0.6) is 0 Å². The molecule has 3 heteroatoms. The monoisotopic (exact) mass is 535 g/mol. The summed E-state index contributed by atoms with van der Waals surface area (Å²) >= 11 is 0. The summed E-state index contributed by atoms with van der Waals surface area (Å²) in [5.74, 6) is 0. The van der Waals surface area contributed by atoms with Crippen molar-refractivity contribution < 1.29 is 0 Å². The van der Waals surface area contributed by atoms with Crippen LogP contribution in [0.1, 0.15) is 0 Å². The smallest absolute Gasteiger partial charge is 0.0703 e. The van der Waals surface area contributed by atoms with Crippen molar-refractivity contribution in [1.82, 2.24) is 14.1 Å². The zero-order chi connectivity index (χ0) is 27.6. The Bertz CT molecular complexity index is 2430. The molecule has 6 aromatic carbocycles. The lowest BCUT2D eigenvalue weighted by molar-refractivity contribution is 1.14. The zero-order valence-electron chi connectivity index (χ0n) is 22.8. The van der Waals surface area contributed by atoms with Crippen molar-refractivity contribution in [2.75, 3.05) is 0 Å². The second-order valence-electron chi connectivity index (χ2n) is 10.9. The Morgan fingerprint density at radius 1 is 0.405 bits per heavy atom. The number of rotatable bonds is 3. The van der Waals surface area contributed by atoms with Gasteiger partial charge in [0, 0.05) is 38.2 Å². The Labute approximate surface area is 242 Å². The predicted molar refractivity (Wildman–Crippen MR) is 176 cm³/mol. The van der Waals surface area contributed by atoms with Crippen LogP contribution in [0.2, 0.25) is 0 Å². The van der Waals surface area contributed by atoms with E-state index >= 15 is 0 Å². The van der Waals surface area contributed by atoms with Gasteiger partial charge in [0.25, 0.3) is 0 Å². The summed E-state index contributed by atoms with van der Waals surface area (Å²) in [4.78, 5) is 4.89. The molecule has 0 bridgehead atoms. The van der Waals surface area contributed by atoms with Gasteiger partial charge < -0.3 is 9.13 Å². The fourth-order valence-corrected chi connectivity index (χ4v) is 6.67. The van der Waals surface area contributed by atoms with Crippen LogP contribution < -0.4 is 0 Å². The molecular weight excluding hydrogens is 510 g/mol. The molecule has 0 fully saturated rings. The quantitative estimate of drug-likeness (QED) is 0.221. The van der Waals surface area contributed by atoms with Gasteiger partial charge >= 0.3 is 0 Å². The zero-order valence-corrected chi connectivity index (χ0v) is 22.8. The lowest BCUT2D eigenvalue weighted by atomic mass is 10.0. The van der Waals surface area contributed by atoms with E-state index in [2.05, 4.69) is 149 Å². The molecule has 3 heterocycles. The molecule has 3 nitrogen and oxygen atoms in total. The van der Waals surface area contributed by atoms with Gasteiger partial charge in [-0.25, -0.2) is 0 Å². The molecule has 0 aliphatic rings. The summed E-state index contributed by atoms with van der Waals surface area (Å²) in [6.07, 6.45) is 2.00. The minimum absolute atomic E-state index is 0.972. The van der Waals surface area contributed by atoms with Gasteiger partial charge in [-0.2, -0.15) is 0 Å². The van der Waals surface area contributed by atoms with E-state index in [0.717, 1.165) is 22.6 Å². The van der Waals surface area contributed by atoms with E-state index in [9.17, 15) is 0 Å². The standard InChI is InChI=1S/C39H25N3/c1-3-11-26(12-4-1)35-22-20-29(25-40-35)41-36-17-9-8-16-31(36)34-23-27-19-21-32-30-15-7-10-18-37(30)42(28-13-5-2-6-14-28)39(32)33(27)24-38(34)41/h1-25H. The number of hydrogen-bond donors (Lipinski definition) is 0. The average molecular weight is 536 g/mol. The molecule has 0 saturated carbocycles. The summed E-state index contributed by atoms with van der Waals surface area (Å²) in [6.45, 7) is 0. The Morgan fingerprint density at radius 3 is 1.81 bits per heavy atom. The Morgan fingerprint density at radius 2 is 1.07 bits per heavy atom. The first kappa shape index (κ1) is 23.1. The van der Waals surface area contributed by atoms with Crippen molar-refractivity contribution in [3.63, 3.8) is 0 Å². The van der Waals surface area contributed by atoms with Crippen LogP contribution in [0.25, 0.3) is 77.0 Å². The first-order valence-electron chi connectivity index (χ1n) is 14.3. The predicted octanol–water partition coefficient (Wildman–Crippen LogP) is 10.1. The van der Waals surface area contributed by atoms with Crippen LogP contribution in [0.3, 0.4) is 0 Å². The SMILES string of the molecule is c1ccc(-c2ccc(-n3c4ccccc4c4cc5ccc6c7ccccc7n(-c7ccccc7)c6c5cc43)cn2)cc1. The minimum Gasteiger partial charge on any atom is -0.309 e. The topological polar surface area (TPSA) is 22.8 Å². The van der Waals surface area contributed by atoms with Gasteiger partial charge in [-0.1, -0.05) is 97.1 Å². The van der Waals surface area contributed by atoms with Crippen LogP contribution in [-0.2, 0) is 0 Å². The third-order valence-corrected chi connectivity index (χ3v) is 8.53. The number of nitrogens with zero attached hydrogens (tertiary/aromatic N) is 3. The van der Waals surface area contributed by atoms with Crippen molar-refractivity contribution in [2.24, 2.45) is 0 Å². The molecule has 9 aromatic rings. The molecular formula is C39H25N3. The van der Waals surface area contributed by atoms with Gasteiger partial charge in [0.15, 0.2) is 0 Å². The van der Waals surface area contributed by atoms with E-state index in [1.54, 1.807) is 0 Å². The summed E-state index contributed by atoms with van der Waals surface area (Å²) < 4.78 is 4.78. The molecule has 0 aliphatic heterocycles. The summed E-state index contributed by atoms with van der Waals surface area (Å²) in [6, 6.07) is 52.1. The normalized spacial score (nSPS) is 11.8. The molecule has 0 amide bonds. The lowest BCUT2D eigenvalue weighted by Gasteiger charge is -2.12. The largest absolute Gasteiger partial charge is 0.309 e. The summed E-state index contributed by atoms with van der Waals surface area (Å²) in [7, 11) is 0. The third kappa shape index (κ3) is 3.31. The highest BCUT2D eigenvalue weighted by Crippen LogP contribution is 2.40. The highest BCUT2D eigenvalue weighted by molar-refractivity contribution is 6.22. The first-order chi connectivity index (χ1) is 20.8. The van der Waals surface area contributed by atoms with E-state index in [1.807, 2.05) is 12.3 Å². The molecule has 0 unspecified atom stereocenters. The van der Waals surface area contributed by atoms with Crippen LogP contribution in [-0.4, -0.2) is 14.1 Å². The highest BCUT2D eigenvalue weighted by atomic mass is 15.0. The van der Waals surface area contributed by atoms with Crippen LogP contribution in [0.4, 0.5) is 0 Å². The van der Waals surface area contributed by atoms with Gasteiger partial charge in [-0.05, 0) is 53.9 Å². The van der Waals surface area contributed by atoms with Gasteiger partial charge in [-0.15, -0.1) is 0 Å². The maximum atomic E-state index is 4.89. The summed E-state index contributed by atoms with van der Waals surface area (Å²) in [5, 5.41) is 7.48. The molecule has 42 heavy (non-hydrogen) atoms. The van der Waals surface area contributed by atoms with E-state index in [-0.39, 0.29) is 0 Å². The molecule has 3 aromatic heterocycles. The molecule has 196 valence electrons. The molecule has 9 rings (SSSR count). The van der Waals surface area contributed by atoms with Crippen LogP contribution in [0.15, 0.2) is 152 Å². The summed E-state index contributed by atoms with van der Waals surface area (Å²) in [5.41, 5.74) is 9.11. The van der Waals surface area contributed by atoms with Gasteiger partial charge in [0.2, 0.25) is 0 Å². The molecule has 0 saturated heterocycles. The van der Waals surface area contributed by atoms with Crippen molar-refractivity contribution in [3.05, 3.63) is 152 Å². The second kappa shape index (κ2) is 8.92. The Kier molecular flexibility index (Phi) is 4.90. The van der Waals surface area contributed by atoms with E-state index in [1.165, 1.54) is 54.4 Å². The number of aromatic nitrogens is 3. The molecule has 0 spiro atoms. The van der Waals surface area contributed by atoms with E-state index < -0.39 is 0 Å². The lowest BCUT2D eigenvalue weighted by Crippen LogP contribution is -1.96.